The lowest BCUT2D eigenvalue weighted by molar-refractivity contribution is -0.135. The van der Waals surface area contributed by atoms with Gasteiger partial charge in [0, 0.05) is 24.8 Å². The van der Waals surface area contributed by atoms with Gasteiger partial charge in [-0.25, -0.2) is 0 Å². The topological polar surface area (TPSA) is 153 Å². The van der Waals surface area contributed by atoms with Gasteiger partial charge in [0.05, 0.1) is 70.9 Å². The Kier molecular flexibility index (Phi) is 17.5. The standard InChI is InChI=1S/C34H54ClN7O7/c1-41-14-11-28(12-15-41)42(2)34-39-32(36-26-7-5-3-4-6-8-26)38-33(40-34)37-27-9-10-30(29(35)25-27)49-31(44)13-17-45-19-21-47-23-24-48-22-20-46-18-16-43/h9-10,25-26,28,43H,3-8,11-24H2,1-2H3,(H2,36,37,38,39,40). The molecular weight excluding hydrogens is 654 g/mol. The first kappa shape index (κ1) is 38.9. The maximum atomic E-state index is 12.4. The van der Waals surface area contributed by atoms with Gasteiger partial charge in [0.25, 0.3) is 0 Å². The smallest absolute Gasteiger partial charge is 0.313 e. The van der Waals surface area contributed by atoms with E-state index in [0.717, 1.165) is 38.8 Å². The summed E-state index contributed by atoms with van der Waals surface area (Å²) in [5, 5.41) is 15.8. The number of aromatic nitrogens is 3. The average molecular weight is 708 g/mol. The highest BCUT2D eigenvalue weighted by molar-refractivity contribution is 6.32. The van der Waals surface area contributed by atoms with Crippen LogP contribution in [0.1, 0.15) is 57.8 Å². The van der Waals surface area contributed by atoms with Gasteiger partial charge in [0.2, 0.25) is 17.8 Å². The molecule has 1 saturated heterocycles. The van der Waals surface area contributed by atoms with E-state index in [1.807, 2.05) is 0 Å². The zero-order valence-electron chi connectivity index (χ0n) is 29.0. The summed E-state index contributed by atoms with van der Waals surface area (Å²) in [6, 6.07) is 5.79. The number of nitrogens with one attached hydrogen (secondary N) is 2. The van der Waals surface area contributed by atoms with Crippen LogP contribution in [0.5, 0.6) is 5.75 Å². The Labute approximate surface area is 295 Å². The molecule has 1 aliphatic carbocycles. The lowest BCUT2D eigenvalue weighted by Crippen LogP contribution is -2.42. The van der Waals surface area contributed by atoms with Crippen LogP contribution in [0.25, 0.3) is 0 Å². The minimum absolute atomic E-state index is 0.000492. The van der Waals surface area contributed by atoms with Crippen LogP contribution in [0.2, 0.25) is 5.02 Å². The SMILES string of the molecule is CN1CCC(N(C)c2nc(Nc3ccc(OC(=O)CCOCCOCCOCCOCCO)c(Cl)c3)nc(NC3CCCCCC3)n2)CC1. The Bertz CT molecular complexity index is 1250. The molecule has 2 fully saturated rings. The van der Waals surface area contributed by atoms with E-state index in [-0.39, 0.29) is 30.4 Å². The first-order chi connectivity index (χ1) is 23.9. The van der Waals surface area contributed by atoms with E-state index in [0.29, 0.717) is 81.9 Å². The molecule has 14 nitrogen and oxygen atoms in total. The molecule has 3 N–H and O–H groups in total. The predicted molar refractivity (Wildman–Crippen MR) is 189 cm³/mol. The summed E-state index contributed by atoms with van der Waals surface area (Å²) in [7, 11) is 4.21. The molecule has 49 heavy (non-hydrogen) atoms. The van der Waals surface area contributed by atoms with Crippen LogP contribution in [0, 0.1) is 0 Å². The summed E-state index contributed by atoms with van der Waals surface area (Å²) in [5.74, 6) is 1.42. The van der Waals surface area contributed by atoms with Gasteiger partial charge in [-0.05, 0) is 64.0 Å². The predicted octanol–water partition coefficient (Wildman–Crippen LogP) is 4.29. The van der Waals surface area contributed by atoms with E-state index < -0.39 is 5.97 Å². The Hall–Kier alpha value is -2.85. The second-order valence-electron chi connectivity index (χ2n) is 12.4. The largest absolute Gasteiger partial charge is 0.425 e. The number of nitrogens with zero attached hydrogens (tertiary/aromatic N) is 5. The van der Waals surface area contributed by atoms with Crippen molar-refractivity contribution in [2.45, 2.75) is 69.9 Å². The minimum Gasteiger partial charge on any atom is -0.425 e. The van der Waals surface area contributed by atoms with Gasteiger partial charge in [-0.1, -0.05) is 37.3 Å². The van der Waals surface area contributed by atoms with Gasteiger partial charge in [-0.3, -0.25) is 4.79 Å². The Morgan fingerprint density at radius 3 is 2.12 bits per heavy atom. The van der Waals surface area contributed by atoms with Crippen molar-refractivity contribution in [3.8, 4) is 5.75 Å². The third-order valence-electron chi connectivity index (χ3n) is 8.58. The molecule has 15 heteroatoms. The monoisotopic (exact) mass is 707 g/mol. The lowest BCUT2D eigenvalue weighted by atomic mass is 10.0. The highest BCUT2D eigenvalue weighted by Crippen LogP contribution is 2.30. The average Bonchev–Trinajstić information content (AvgIpc) is 3.36. The molecule has 0 bridgehead atoms. The molecule has 1 aromatic heterocycles. The lowest BCUT2D eigenvalue weighted by Gasteiger charge is -2.35. The number of anilines is 4. The Balaban J connectivity index is 1.25. The second-order valence-corrected chi connectivity index (χ2v) is 12.8. The molecule has 274 valence electrons. The molecule has 2 heterocycles. The molecule has 1 saturated carbocycles. The molecule has 2 aliphatic rings. The van der Waals surface area contributed by atoms with Gasteiger partial charge >= 0.3 is 5.97 Å². The van der Waals surface area contributed by atoms with Crippen LogP contribution in [0.3, 0.4) is 0 Å². The summed E-state index contributed by atoms with van der Waals surface area (Å²) in [5.41, 5.74) is 0.660. The van der Waals surface area contributed by atoms with Crippen LogP contribution in [-0.2, 0) is 23.7 Å². The molecule has 0 radical (unpaired) electrons. The maximum absolute atomic E-state index is 12.4. The van der Waals surface area contributed by atoms with E-state index in [1.54, 1.807) is 18.2 Å². The van der Waals surface area contributed by atoms with Crippen molar-refractivity contribution in [3.63, 3.8) is 0 Å². The number of piperidine rings is 1. The molecule has 1 aliphatic heterocycles. The van der Waals surface area contributed by atoms with Crippen LogP contribution >= 0.6 is 11.6 Å². The second kappa shape index (κ2) is 22.1. The molecule has 1 aromatic carbocycles. The summed E-state index contributed by atoms with van der Waals surface area (Å²) in [6.07, 6.45) is 9.31. The first-order valence-electron chi connectivity index (χ1n) is 17.5. The first-order valence-corrected chi connectivity index (χ1v) is 17.9. The number of benzene rings is 1. The maximum Gasteiger partial charge on any atom is 0.313 e. The number of hydrogen-bond acceptors (Lipinski definition) is 14. The van der Waals surface area contributed by atoms with E-state index in [1.165, 1.54) is 25.7 Å². The molecule has 0 unspecified atom stereocenters. The Morgan fingerprint density at radius 2 is 1.49 bits per heavy atom. The van der Waals surface area contributed by atoms with Gasteiger partial charge in [0.1, 0.15) is 5.75 Å². The number of hydrogen-bond donors (Lipinski definition) is 3. The van der Waals surface area contributed by atoms with Crippen molar-refractivity contribution in [1.82, 2.24) is 19.9 Å². The van der Waals surface area contributed by atoms with Crippen LogP contribution in [0.4, 0.5) is 23.5 Å². The molecule has 2 aromatic rings. The minimum atomic E-state index is -0.450. The quantitative estimate of drug-likeness (QED) is 0.0732. The van der Waals surface area contributed by atoms with Gasteiger partial charge in [0.15, 0.2) is 0 Å². The number of carbonyl (C=O) groups is 1. The summed E-state index contributed by atoms with van der Waals surface area (Å²) in [6.45, 7) is 5.06. The summed E-state index contributed by atoms with van der Waals surface area (Å²) < 4.78 is 26.9. The molecule has 0 spiro atoms. The number of likely N-dealkylation sites (tertiary alicyclic amines) is 1. The Morgan fingerprint density at radius 1 is 0.878 bits per heavy atom. The van der Waals surface area contributed by atoms with Crippen molar-refractivity contribution in [2.24, 2.45) is 0 Å². The van der Waals surface area contributed by atoms with E-state index in [9.17, 15) is 4.79 Å². The van der Waals surface area contributed by atoms with Crippen molar-refractivity contribution in [2.75, 3.05) is 102 Å². The van der Waals surface area contributed by atoms with Crippen LogP contribution < -0.4 is 20.3 Å². The third-order valence-corrected chi connectivity index (χ3v) is 8.87. The fourth-order valence-corrected chi connectivity index (χ4v) is 5.96. The zero-order valence-corrected chi connectivity index (χ0v) is 29.8. The van der Waals surface area contributed by atoms with Gasteiger partial charge < -0.3 is 49.2 Å². The molecule has 4 rings (SSSR count). The number of aliphatic hydroxyl groups is 1. The van der Waals surface area contributed by atoms with Crippen LogP contribution in [0.15, 0.2) is 18.2 Å². The summed E-state index contributed by atoms with van der Waals surface area (Å²) in [4.78, 5) is 31.3. The number of ether oxygens (including phenoxy) is 5. The number of aliphatic hydroxyl groups excluding tert-OH is 1. The number of rotatable bonds is 21. The zero-order chi connectivity index (χ0) is 34.7. The van der Waals surface area contributed by atoms with Crippen LogP contribution in [-0.4, -0.2) is 130 Å². The number of carbonyl (C=O) groups excluding carboxylic acids is 1. The molecule has 0 amide bonds. The van der Waals surface area contributed by atoms with E-state index >= 15 is 0 Å². The fraction of sp³-hybridized carbons (Fsp3) is 0.706. The number of esters is 1. The van der Waals surface area contributed by atoms with Gasteiger partial charge in [-0.2, -0.15) is 15.0 Å². The highest BCUT2D eigenvalue weighted by Gasteiger charge is 2.24. The van der Waals surface area contributed by atoms with E-state index in [2.05, 4.69) is 34.5 Å². The fourth-order valence-electron chi connectivity index (χ4n) is 5.74. The number of halogens is 1. The van der Waals surface area contributed by atoms with Crippen molar-refractivity contribution < 1.29 is 33.6 Å². The molecular formula is C34H54ClN7O7. The normalized spacial score (nSPS) is 16.3. The van der Waals surface area contributed by atoms with Crippen molar-refractivity contribution in [3.05, 3.63) is 23.2 Å². The van der Waals surface area contributed by atoms with Crippen molar-refractivity contribution >= 4 is 41.1 Å². The van der Waals surface area contributed by atoms with E-state index in [4.69, 9.17) is 55.3 Å². The van der Waals surface area contributed by atoms with Gasteiger partial charge in [-0.15, -0.1) is 0 Å². The highest BCUT2D eigenvalue weighted by atomic mass is 35.5. The third kappa shape index (κ3) is 14.5. The summed E-state index contributed by atoms with van der Waals surface area (Å²) >= 11 is 6.53. The molecule has 0 atom stereocenters. The van der Waals surface area contributed by atoms with Crippen molar-refractivity contribution in [1.29, 1.82) is 0 Å².